The van der Waals surface area contributed by atoms with Crippen LogP contribution in [0.1, 0.15) is 0 Å². The van der Waals surface area contributed by atoms with E-state index in [-0.39, 0.29) is 17.6 Å². The molecule has 0 spiro atoms. The summed E-state index contributed by atoms with van der Waals surface area (Å²) in [5.41, 5.74) is 0.298. The topological polar surface area (TPSA) is 32.3 Å². The summed E-state index contributed by atoms with van der Waals surface area (Å²) in [6, 6.07) is 1.94. The molecule has 1 aromatic carbocycles. The maximum absolute atomic E-state index is 12.9. The number of halogens is 3. The van der Waals surface area contributed by atoms with Gasteiger partial charge in [0.25, 0.3) is 0 Å². The van der Waals surface area contributed by atoms with Gasteiger partial charge >= 0.3 is 0 Å². The monoisotopic (exact) mass is 251 g/mol. The van der Waals surface area contributed by atoms with Gasteiger partial charge in [0.15, 0.2) is 0 Å². The first-order chi connectivity index (χ1) is 6.15. The molecule has 0 saturated heterocycles. The van der Waals surface area contributed by atoms with Crippen LogP contribution in [0.2, 0.25) is 0 Å². The first kappa shape index (κ1) is 10.4. The van der Waals surface area contributed by atoms with Crippen LogP contribution >= 0.6 is 15.9 Å². The van der Waals surface area contributed by atoms with E-state index in [1.165, 1.54) is 0 Å². The number of hydrogen-bond donors (Lipinski definition) is 2. The summed E-state index contributed by atoms with van der Waals surface area (Å²) >= 11 is 2.96. The van der Waals surface area contributed by atoms with Crippen LogP contribution in [0.3, 0.4) is 0 Å². The second kappa shape index (κ2) is 4.53. The molecule has 5 heteroatoms. The van der Waals surface area contributed by atoms with Crippen molar-refractivity contribution in [2.45, 2.75) is 0 Å². The maximum atomic E-state index is 12.9. The normalized spacial score (nSPS) is 10.2. The van der Waals surface area contributed by atoms with Crippen molar-refractivity contribution in [2.24, 2.45) is 0 Å². The molecule has 1 rings (SSSR count). The molecule has 0 unspecified atom stereocenters. The molecular formula is C8H8BrF2NO. The molecule has 0 amide bonds. The van der Waals surface area contributed by atoms with Gasteiger partial charge in [0.05, 0.1) is 16.8 Å². The summed E-state index contributed by atoms with van der Waals surface area (Å²) in [6.45, 7) is 0.159. The van der Waals surface area contributed by atoms with Gasteiger partial charge in [-0.15, -0.1) is 0 Å². The van der Waals surface area contributed by atoms with Crippen molar-refractivity contribution in [3.63, 3.8) is 0 Å². The van der Waals surface area contributed by atoms with E-state index in [0.717, 1.165) is 12.1 Å². The lowest BCUT2D eigenvalue weighted by atomic mass is 10.3. The highest BCUT2D eigenvalue weighted by molar-refractivity contribution is 9.10. The minimum atomic E-state index is -0.666. The number of rotatable bonds is 3. The Kier molecular flexibility index (Phi) is 3.62. The average Bonchev–Trinajstić information content (AvgIpc) is 2.09. The molecule has 2 N–H and O–H groups in total. The van der Waals surface area contributed by atoms with Gasteiger partial charge in [-0.25, -0.2) is 8.78 Å². The zero-order chi connectivity index (χ0) is 9.84. The molecule has 0 bridgehead atoms. The highest BCUT2D eigenvalue weighted by atomic mass is 79.9. The fraction of sp³-hybridized carbons (Fsp3) is 0.250. The molecular weight excluding hydrogens is 244 g/mol. The predicted molar refractivity (Wildman–Crippen MR) is 49.6 cm³/mol. The van der Waals surface area contributed by atoms with Gasteiger partial charge in [-0.1, -0.05) is 0 Å². The molecule has 0 saturated carbocycles. The van der Waals surface area contributed by atoms with E-state index in [9.17, 15) is 8.78 Å². The maximum Gasteiger partial charge on any atom is 0.142 e. The molecule has 72 valence electrons. The Labute approximate surface area is 82.7 Å². The molecule has 0 fully saturated rings. The van der Waals surface area contributed by atoms with Crippen LogP contribution in [0.15, 0.2) is 16.6 Å². The SMILES string of the molecule is OCCNc1cc(F)cc(F)c1Br. The number of hydrogen-bond acceptors (Lipinski definition) is 2. The first-order valence-corrected chi connectivity index (χ1v) is 4.43. The molecule has 0 heterocycles. The van der Waals surface area contributed by atoms with E-state index < -0.39 is 11.6 Å². The van der Waals surface area contributed by atoms with Gasteiger partial charge in [0.1, 0.15) is 11.6 Å². The van der Waals surface area contributed by atoms with Crippen molar-refractivity contribution in [3.05, 3.63) is 28.2 Å². The first-order valence-electron chi connectivity index (χ1n) is 3.64. The van der Waals surface area contributed by atoms with Crippen LogP contribution in [0, 0.1) is 11.6 Å². The fourth-order valence-corrected chi connectivity index (χ4v) is 1.24. The van der Waals surface area contributed by atoms with Crippen LogP contribution in [-0.4, -0.2) is 18.3 Å². The highest BCUT2D eigenvalue weighted by Gasteiger charge is 2.07. The summed E-state index contributed by atoms with van der Waals surface area (Å²) in [7, 11) is 0. The minimum absolute atomic E-state index is 0.0927. The van der Waals surface area contributed by atoms with Crippen molar-refractivity contribution in [1.82, 2.24) is 0 Å². The number of aliphatic hydroxyl groups is 1. The summed E-state index contributed by atoms with van der Waals surface area (Å²) in [6.07, 6.45) is 0. The summed E-state index contributed by atoms with van der Waals surface area (Å²) in [5, 5.41) is 11.2. The molecule has 0 aromatic heterocycles. The second-order valence-corrected chi connectivity index (χ2v) is 3.19. The summed E-state index contributed by atoms with van der Waals surface area (Å²) < 4.78 is 25.7. The van der Waals surface area contributed by atoms with Gasteiger partial charge in [-0.3, -0.25) is 0 Å². The lowest BCUT2D eigenvalue weighted by Crippen LogP contribution is -2.06. The third-order valence-electron chi connectivity index (χ3n) is 1.42. The molecule has 13 heavy (non-hydrogen) atoms. The van der Waals surface area contributed by atoms with E-state index in [1.807, 2.05) is 0 Å². The van der Waals surface area contributed by atoms with Crippen LogP contribution in [-0.2, 0) is 0 Å². The van der Waals surface area contributed by atoms with Gasteiger partial charge in [-0.05, 0) is 22.0 Å². The Morgan fingerprint density at radius 2 is 2.08 bits per heavy atom. The zero-order valence-corrected chi connectivity index (χ0v) is 8.24. The lowest BCUT2D eigenvalue weighted by Gasteiger charge is -2.07. The van der Waals surface area contributed by atoms with Crippen LogP contribution in [0.4, 0.5) is 14.5 Å². The van der Waals surface area contributed by atoms with E-state index in [0.29, 0.717) is 5.69 Å². The van der Waals surface area contributed by atoms with Gasteiger partial charge < -0.3 is 10.4 Å². The smallest absolute Gasteiger partial charge is 0.142 e. The van der Waals surface area contributed by atoms with Gasteiger partial charge in [0, 0.05) is 12.6 Å². The van der Waals surface area contributed by atoms with Crippen molar-refractivity contribution >= 4 is 21.6 Å². The van der Waals surface area contributed by atoms with Crippen LogP contribution < -0.4 is 5.32 Å². The van der Waals surface area contributed by atoms with Gasteiger partial charge in [-0.2, -0.15) is 0 Å². The Hall–Kier alpha value is -0.680. The van der Waals surface area contributed by atoms with Crippen LogP contribution in [0.5, 0.6) is 0 Å². The third-order valence-corrected chi connectivity index (χ3v) is 2.23. The number of benzene rings is 1. The molecule has 0 atom stereocenters. The molecule has 1 aromatic rings. The molecule has 0 radical (unpaired) electrons. The molecule has 0 aliphatic heterocycles. The number of nitrogens with one attached hydrogen (secondary N) is 1. The second-order valence-electron chi connectivity index (χ2n) is 2.40. The van der Waals surface area contributed by atoms with E-state index in [4.69, 9.17) is 5.11 Å². The fourth-order valence-electron chi connectivity index (χ4n) is 0.875. The Balaban J connectivity index is 2.92. The standard InChI is InChI=1S/C8H8BrF2NO/c9-8-6(11)3-5(10)4-7(8)12-1-2-13/h3-4,12-13H,1-2H2. The van der Waals surface area contributed by atoms with E-state index in [2.05, 4.69) is 21.2 Å². The molecule has 0 aliphatic rings. The molecule has 2 nitrogen and oxygen atoms in total. The van der Waals surface area contributed by atoms with Crippen molar-refractivity contribution in [3.8, 4) is 0 Å². The zero-order valence-electron chi connectivity index (χ0n) is 6.65. The largest absolute Gasteiger partial charge is 0.395 e. The number of aliphatic hydroxyl groups excluding tert-OH is 1. The minimum Gasteiger partial charge on any atom is -0.395 e. The molecule has 0 aliphatic carbocycles. The predicted octanol–water partition coefficient (Wildman–Crippen LogP) is 2.13. The lowest BCUT2D eigenvalue weighted by molar-refractivity contribution is 0.311. The van der Waals surface area contributed by atoms with E-state index >= 15 is 0 Å². The quantitative estimate of drug-likeness (QED) is 0.807. The third kappa shape index (κ3) is 2.63. The summed E-state index contributed by atoms with van der Waals surface area (Å²) in [4.78, 5) is 0. The Morgan fingerprint density at radius 3 is 2.69 bits per heavy atom. The van der Waals surface area contributed by atoms with Crippen molar-refractivity contribution < 1.29 is 13.9 Å². The summed E-state index contributed by atoms with van der Waals surface area (Å²) in [5.74, 6) is -1.32. The highest BCUT2D eigenvalue weighted by Crippen LogP contribution is 2.26. The van der Waals surface area contributed by atoms with Crippen molar-refractivity contribution in [1.29, 1.82) is 0 Å². The Bertz CT molecular complexity index is 306. The Morgan fingerprint density at radius 1 is 1.38 bits per heavy atom. The average molecular weight is 252 g/mol. The van der Waals surface area contributed by atoms with Crippen LogP contribution in [0.25, 0.3) is 0 Å². The van der Waals surface area contributed by atoms with Gasteiger partial charge in [0.2, 0.25) is 0 Å². The van der Waals surface area contributed by atoms with E-state index in [1.54, 1.807) is 0 Å². The number of anilines is 1. The van der Waals surface area contributed by atoms with Crippen molar-refractivity contribution in [2.75, 3.05) is 18.5 Å².